The summed E-state index contributed by atoms with van der Waals surface area (Å²) in [5.41, 5.74) is 0. The highest BCUT2D eigenvalue weighted by Gasteiger charge is 2.30. The van der Waals surface area contributed by atoms with Crippen LogP contribution in [-0.4, -0.2) is 96.7 Å². The zero-order chi connectivity index (χ0) is 69.4. The number of rotatable bonds is 73. The third-order valence-electron chi connectivity index (χ3n) is 17.7. The van der Waals surface area contributed by atoms with E-state index in [1.54, 1.807) is 0 Å². The van der Waals surface area contributed by atoms with E-state index in [1.807, 2.05) is 0 Å². The lowest BCUT2D eigenvalue weighted by Gasteiger charge is -2.21. The SMILES string of the molecule is CCCCCCCCCCCCCCCC(=O)O[C@H](COC(=O)CCCCCCCCC(C)C)COP(=O)(O)OC[C@H](O)COP(=O)(O)OC[C@@H](COC(=O)CCCCCCCCCCCCCC(C)C)OC(=O)CCCCCCCCCCCCCCCCC(C)CC. The minimum Gasteiger partial charge on any atom is -0.462 e. The van der Waals surface area contributed by atoms with E-state index in [0.29, 0.717) is 31.6 Å². The highest BCUT2D eigenvalue weighted by Crippen LogP contribution is 2.45. The van der Waals surface area contributed by atoms with Crippen LogP contribution < -0.4 is 0 Å². The summed E-state index contributed by atoms with van der Waals surface area (Å²) in [6.07, 6.45) is 51.3. The topological polar surface area (TPSA) is 237 Å². The lowest BCUT2D eigenvalue weighted by molar-refractivity contribution is -0.161. The van der Waals surface area contributed by atoms with Gasteiger partial charge in [-0.05, 0) is 43.4 Å². The van der Waals surface area contributed by atoms with E-state index in [4.69, 9.17) is 37.0 Å². The van der Waals surface area contributed by atoms with Gasteiger partial charge in [0.15, 0.2) is 12.2 Å². The number of phosphoric ester groups is 2. The van der Waals surface area contributed by atoms with E-state index in [2.05, 4.69) is 48.5 Å². The zero-order valence-electron chi connectivity index (χ0n) is 61.4. The summed E-state index contributed by atoms with van der Waals surface area (Å²) in [6.45, 7) is 11.9. The largest absolute Gasteiger partial charge is 0.472 e. The fourth-order valence-corrected chi connectivity index (χ4v) is 13.0. The highest BCUT2D eigenvalue weighted by molar-refractivity contribution is 7.47. The minimum atomic E-state index is -4.96. The van der Waals surface area contributed by atoms with Crippen molar-refractivity contribution in [3.8, 4) is 0 Å². The second-order valence-corrected chi connectivity index (χ2v) is 31.1. The Bertz CT molecular complexity index is 1840. The van der Waals surface area contributed by atoms with Gasteiger partial charge >= 0.3 is 39.5 Å². The van der Waals surface area contributed by atoms with Gasteiger partial charge < -0.3 is 33.8 Å². The average Bonchev–Trinajstić information content (AvgIpc) is 1.21. The molecule has 0 aromatic heterocycles. The average molecular weight is 1380 g/mol. The Morgan fingerprint density at radius 2 is 0.543 bits per heavy atom. The van der Waals surface area contributed by atoms with Crippen LogP contribution >= 0.6 is 15.6 Å². The van der Waals surface area contributed by atoms with E-state index in [9.17, 15) is 43.2 Å². The first-order valence-corrected chi connectivity index (χ1v) is 41.9. The first kappa shape index (κ1) is 92.1. The Kier molecular flexibility index (Phi) is 64.3. The highest BCUT2D eigenvalue weighted by atomic mass is 31.2. The van der Waals surface area contributed by atoms with Crippen LogP contribution in [0.5, 0.6) is 0 Å². The third kappa shape index (κ3) is 67.3. The van der Waals surface area contributed by atoms with Crippen LogP contribution in [0.1, 0.15) is 382 Å². The van der Waals surface area contributed by atoms with E-state index >= 15 is 0 Å². The smallest absolute Gasteiger partial charge is 0.462 e. The van der Waals surface area contributed by atoms with E-state index in [-0.39, 0.29) is 25.7 Å². The molecule has 0 bridgehead atoms. The number of phosphoric acid groups is 2. The molecule has 0 aromatic carbocycles. The first-order chi connectivity index (χ1) is 45.3. The molecule has 0 saturated heterocycles. The number of esters is 4. The molecule has 558 valence electrons. The number of unbranched alkanes of at least 4 members (excludes halogenated alkanes) is 40. The van der Waals surface area contributed by atoms with E-state index < -0.39 is 97.5 Å². The van der Waals surface area contributed by atoms with Crippen LogP contribution in [0.3, 0.4) is 0 Å². The Morgan fingerprint density at radius 1 is 0.309 bits per heavy atom. The Labute approximate surface area is 575 Å². The summed E-state index contributed by atoms with van der Waals surface area (Å²) in [5.74, 6) is 0.177. The molecule has 17 nitrogen and oxygen atoms in total. The number of carbonyl (C=O) groups is 4. The van der Waals surface area contributed by atoms with Gasteiger partial charge in [0.05, 0.1) is 26.4 Å². The fraction of sp³-hybridized carbons (Fsp3) is 0.947. The normalized spacial score (nSPS) is 14.4. The summed E-state index contributed by atoms with van der Waals surface area (Å²) in [6, 6.07) is 0. The summed E-state index contributed by atoms with van der Waals surface area (Å²) in [7, 11) is -9.91. The first-order valence-electron chi connectivity index (χ1n) is 38.9. The van der Waals surface area contributed by atoms with Crippen molar-refractivity contribution in [2.24, 2.45) is 17.8 Å². The van der Waals surface area contributed by atoms with Gasteiger partial charge in [0.2, 0.25) is 0 Å². The Hall–Kier alpha value is -1.94. The molecular weight excluding hydrogens is 1230 g/mol. The molecule has 0 heterocycles. The van der Waals surface area contributed by atoms with Crippen LogP contribution in [0.2, 0.25) is 0 Å². The number of hydrogen-bond acceptors (Lipinski definition) is 15. The lowest BCUT2D eigenvalue weighted by atomic mass is 9.99. The van der Waals surface area contributed by atoms with Crippen LogP contribution in [0.15, 0.2) is 0 Å². The molecule has 0 aliphatic rings. The van der Waals surface area contributed by atoms with Gasteiger partial charge in [-0.1, -0.05) is 331 Å². The van der Waals surface area contributed by atoms with Gasteiger partial charge in [-0.15, -0.1) is 0 Å². The number of aliphatic hydroxyl groups is 1. The molecule has 0 fully saturated rings. The minimum absolute atomic E-state index is 0.106. The van der Waals surface area contributed by atoms with Gasteiger partial charge in [-0.3, -0.25) is 37.3 Å². The van der Waals surface area contributed by atoms with Crippen molar-refractivity contribution in [1.82, 2.24) is 0 Å². The maximum atomic E-state index is 13.1. The molecule has 0 radical (unpaired) electrons. The third-order valence-corrected chi connectivity index (χ3v) is 19.6. The maximum Gasteiger partial charge on any atom is 0.472 e. The van der Waals surface area contributed by atoms with Crippen molar-refractivity contribution in [3.05, 3.63) is 0 Å². The molecule has 3 N–H and O–H groups in total. The van der Waals surface area contributed by atoms with Crippen molar-refractivity contribution in [3.63, 3.8) is 0 Å². The lowest BCUT2D eigenvalue weighted by Crippen LogP contribution is -2.30. The molecule has 0 amide bonds. The molecule has 0 rings (SSSR count). The van der Waals surface area contributed by atoms with E-state index in [0.717, 1.165) is 108 Å². The molecule has 0 aliphatic heterocycles. The monoisotopic (exact) mass is 1380 g/mol. The number of hydrogen-bond donors (Lipinski definition) is 3. The van der Waals surface area contributed by atoms with Gasteiger partial charge in [0.25, 0.3) is 0 Å². The van der Waals surface area contributed by atoms with Crippen molar-refractivity contribution in [2.75, 3.05) is 39.6 Å². The van der Waals surface area contributed by atoms with Gasteiger partial charge in [-0.25, -0.2) is 9.13 Å². The predicted molar refractivity (Wildman–Crippen MR) is 381 cm³/mol. The molecule has 0 aliphatic carbocycles. The summed E-state index contributed by atoms with van der Waals surface area (Å²) >= 11 is 0. The van der Waals surface area contributed by atoms with E-state index in [1.165, 1.54) is 186 Å². The van der Waals surface area contributed by atoms with Crippen LogP contribution in [0, 0.1) is 17.8 Å². The van der Waals surface area contributed by atoms with Crippen LogP contribution in [-0.2, 0) is 65.4 Å². The number of aliphatic hydroxyl groups excluding tert-OH is 1. The molecule has 6 atom stereocenters. The molecule has 94 heavy (non-hydrogen) atoms. The zero-order valence-corrected chi connectivity index (χ0v) is 63.2. The Balaban J connectivity index is 5.24. The van der Waals surface area contributed by atoms with Gasteiger partial charge in [0.1, 0.15) is 19.3 Å². The number of carbonyl (C=O) groups excluding carboxylic acids is 4. The molecule has 0 aromatic rings. The molecule has 0 spiro atoms. The Morgan fingerprint density at radius 3 is 0.809 bits per heavy atom. The predicted octanol–water partition coefficient (Wildman–Crippen LogP) is 21.8. The van der Waals surface area contributed by atoms with Gasteiger partial charge in [-0.2, -0.15) is 0 Å². The maximum absolute atomic E-state index is 13.1. The van der Waals surface area contributed by atoms with Crippen molar-refractivity contribution in [2.45, 2.75) is 401 Å². The number of ether oxygens (including phenoxy) is 4. The molecule has 19 heteroatoms. The summed E-state index contributed by atoms with van der Waals surface area (Å²) < 4.78 is 68.5. The second kappa shape index (κ2) is 65.7. The fourth-order valence-electron chi connectivity index (χ4n) is 11.4. The standard InChI is InChI=1S/C75H146O17P2/c1-8-10-11-12-13-14-15-18-24-30-35-44-51-58-75(80)92-71(63-86-73(78)57-50-43-38-37-40-47-54-67(5)6)65-90-94(83,84)88-61-69(76)60-87-93(81,82)89-64-70(62-85-72(77)56-49-42-34-29-26-21-22-27-32-39-46-53-66(3)4)91-74(79)59-52-45-36-31-25-20-17-16-19-23-28-33-41-48-55-68(7)9-2/h66-71,76H,8-65H2,1-7H3,(H,81,82)(H,83,84)/t68?,69-,70-,71-/m1/s1. The van der Waals surface area contributed by atoms with Crippen LogP contribution in [0.4, 0.5) is 0 Å². The van der Waals surface area contributed by atoms with Crippen molar-refractivity contribution in [1.29, 1.82) is 0 Å². The summed E-state index contributed by atoms with van der Waals surface area (Å²) in [4.78, 5) is 72.7. The van der Waals surface area contributed by atoms with Gasteiger partial charge in [0, 0.05) is 25.7 Å². The summed E-state index contributed by atoms with van der Waals surface area (Å²) in [5, 5.41) is 10.6. The van der Waals surface area contributed by atoms with Crippen LogP contribution in [0.25, 0.3) is 0 Å². The quantitative estimate of drug-likeness (QED) is 0.0222. The second-order valence-electron chi connectivity index (χ2n) is 28.2. The van der Waals surface area contributed by atoms with Crippen molar-refractivity contribution < 1.29 is 80.2 Å². The molecule has 0 saturated carbocycles. The molecular formula is C75H146O17P2. The molecule has 3 unspecified atom stereocenters. The van der Waals surface area contributed by atoms with Crippen molar-refractivity contribution >= 4 is 39.5 Å².